The summed E-state index contributed by atoms with van der Waals surface area (Å²) in [5.41, 5.74) is 1.21. The number of nitrogens with zero attached hydrogens (tertiary/aromatic N) is 1. The van der Waals surface area contributed by atoms with Crippen molar-refractivity contribution in [2.75, 3.05) is 0 Å². The van der Waals surface area contributed by atoms with E-state index >= 15 is 0 Å². The first-order valence-electron chi connectivity index (χ1n) is 6.85. The van der Waals surface area contributed by atoms with Gasteiger partial charge in [-0.05, 0) is 24.6 Å². The topological polar surface area (TPSA) is 76.4 Å². The van der Waals surface area contributed by atoms with E-state index < -0.39 is 18.1 Å². The van der Waals surface area contributed by atoms with Crippen molar-refractivity contribution >= 4 is 35.0 Å². The second-order valence-electron chi connectivity index (χ2n) is 5.25. The minimum atomic E-state index is -1.14. The highest BCUT2D eigenvalue weighted by atomic mass is 35.5. The number of carboxylic acid groups (broad SMARTS) is 1. The Hall–Kier alpha value is -2.11. The first kappa shape index (κ1) is 15.8. The Bertz CT molecular complexity index is 902. The van der Waals surface area contributed by atoms with Gasteiger partial charge < -0.3 is 9.67 Å². The molecule has 0 saturated carbocycles. The summed E-state index contributed by atoms with van der Waals surface area (Å²) in [5.74, 6) is -1.27. The molecule has 7 heteroatoms. The van der Waals surface area contributed by atoms with Gasteiger partial charge in [0.1, 0.15) is 6.54 Å². The van der Waals surface area contributed by atoms with Crippen LogP contribution in [0.3, 0.4) is 0 Å². The number of carboxylic acids is 1. The highest BCUT2D eigenvalue weighted by Crippen LogP contribution is 2.36. The SMILES string of the molecule is O=C(O)Cn1c2c(c(-c3cc(Cl)ccc3Cl)cc1=O)C(=O)CC2. The minimum Gasteiger partial charge on any atom is -0.480 e. The molecule has 1 heterocycles. The van der Waals surface area contributed by atoms with Gasteiger partial charge in [0.15, 0.2) is 5.78 Å². The zero-order chi connectivity index (χ0) is 16.7. The van der Waals surface area contributed by atoms with Gasteiger partial charge in [0.2, 0.25) is 0 Å². The number of hydrogen-bond donors (Lipinski definition) is 1. The molecule has 0 saturated heterocycles. The number of hydrogen-bond acceptors (Lipinski definition) is 3. The summed E-state index contributed by atoms with van der Waals surface area (Å²) in [5, 5.41) is 9.77. The number of carbonyl (C=O) groups excluding carboxylic acids is 1. The number of halogens is 2. The average molecular weight is 352 g/mol. The highest BCUT2D eigenvalue weighted by Gasteiger charge is 2.29. The number of Topliss-reactive ketones (excluding diaryl/α,β-unsaturated/α-hetero) is 1. The summed E-state index contributed by atoms with van der Waals surface area (Å²) in [4.78, 5) is 35.6. The number of aliphatic carboxylic acids is 1. The van der Waals surface area contributed by atoms with E-state index in [1.807, 2.05) is 0 Å². The predicted octanol–water partition coefficient (Wildman–Crippen LogP) is 3.04. The first-order valence-corrected chi connectivity index (χ1v) is 7.61. The summed E-state index contributed by atoms with van der Waals surface area (Å²) < 4.78 is 1.13. The number of aromatic nitrogens is 1. The van der Waals surface area contributed by atoms with E-state index in [0.717, 1.165) is 4.57 Å². The summed E-state index contributed by atoms with van der Waals surface area (Å²) >= 11 is 12.2. The fraction of sp³-hybridized carbons (Fsp3) is 0.188. The molecule has 0 bridgehead atoms. The fourth-order valence-corrected chi connectivity index (χ4v) is 3.24. The van der Waals surface area contributed by atoms with Crippen molar-refractivity contribution in [3.8, 4) is 11.1 Å². The second kappa shape index (κ2) is 5.83. The Morgan fingerprint density at radius 3 is 2.57 bits per heavy atom. The van der Waals surface area contributed by atoms with Gasteiger partial charge in [0, 0.05) is 44.9 Å². The van der Waals surface area contributed by atoms with Crippen LogP contribution in [0.25, 0.3) is 11.1 Å². The summed E-state index contributed by atoms with van der Waals surface area (Å²) in [6.45, 7) is -0.474. The molecule has 0 fully saturated rings. The molecule has 0 atom stereocenters. The maximum absolute atomic E-state index is 12.3. The van der Waals surface area contributed by atoms with Gasteiger partial charge in [-0.25, -0.2) is 0 Å². The summed E-state index contributed by atoms with van der Waals surface area (Å²) in [6, 6.07) is 6.05. The lowest BCUT2D eigenvalue weighted by molar-refractivity contribution is -0.137. The van der Waals surface area contributed by atoms with Gasteiger partial charge in [0.05, 0.1) is 0 Å². The van der Waals surface area contributed by atoms with Crippen molar-refractivity contribution in [1.29, 1.82) is 0 Å². The lowest BCUT2D eigenvalue weighted by Crippen LogP contribution is -2.27. The number of pyridine rings is 1. The molecule has 0 unspecified atom stereocenters. The fourth-order valence-electron chi connectivity index (χ4n) is 2.85. The number of carbonyl (C=O) groups is 2. The predicted molar refractivity (Wildman–Crippen MR) is 86.4 cm³/mol. The number of fused-ring (bicyclic) bond motifs is 1. The standard InChI is InChI=1S/C16H11Cl2NO4/c17-8-1-2-11(18)9(5-8)10-6-14(21)19(7-15(22)23)12-3-4-13(20)16(10)12/h1-2,5-6H,3-4,7H2,(H,22,23). The van der Waals surface area contributed by atoms with Crippen LogP contribution in [0.4, 0.5) is 0 Å². The van der Waals surface area contributed by atoms with E-state index in [4.69, 9.17) is 28.3 Å². The van der Waals surface area contributed by atoms with Crippen molar-refractivity contribution in [2.45, 2.75) is 19.4 Å². The van der Waals surface area contributed by atoms with Gasteiger partial charge >= 0.3 is 5.97 Å². The van der Waals surface area contributed by atoms with E-state index in [-0.39, 0.29) is 12.2 Å². The molecule has 1 aromatic heterocycles. The molecule has 1 aliphatic rings. The zero-order valence-corrected chi connectivity index (χ0v) is 13.3. The molecule has 1 aromatic carbocycles. The van der Waals surface area contributed by atoms with Crippen LogP contribution in [0, 0.1) is 0 Å². The van der Waals surface area contributed by atoms with Gasteiger partial charge in [-0.3, -0.25) is 14.4 Å². The van der Waals surface area contributed by atoms with Crippen molar-refractivity contribution < 1.29 is 14.7 Å². The van der Waals surface area contributed by atoms with Crippen LogP contribution in [-0.4, -0.2) is 21.4 Å². The number of ketones is 1. The minimum absolute atomic E-state index is 0.134. The normalized spacial score (nSPS) is 13.2. The van der Waals surface area contributed by atoms with Crippen molar-refractivity contribution in [2.24, 2.45) is 0 Å². The van der Waals surface area contributed by atoms with Crippen LogP contribution in [0.2, 0.25) is 10.0 Å². The van der Waals surface area contributed by atoms with Gasteiger partial charge in [-0.1, -0.05) is 23.2 Å². The summed E-state index contributed by atoms with van der Waals surface area (Å²) in [7, 11) is 0. The van der Waals surface area contributed by atoms with Gasteiger partial charge in [-0.2, -0.15) is 0 Å². The molecule has 0 radical (unpaired) electrons. The van der Waals surface area contributed by atoms with Crippen molar-refractivity contribution in [3.05, 3.63) is 55.9 Å². The highest BCUT2D eigenvalue weighted by molar-refractivity contribution is 6.35. The molecule has 2 aromatic rings. The maximum atomic E-state index is 12.3. The molecule has 23 heavy (non-hydrogen) atoms. The Morgan fingerprint density at radius 1 is 1.13 bits per heavy atom. The third-order valence-corrected chi connectivity index (χ3v) is 4.36. The quantitative estimate of drug-likeness (QED) is 0.921. The molecular formula is C16H11Cl2NO4. The smallest absolute Gasteiger partial charge is 0.323 e. The second-order valence-corrected chi connectivity index (χ2v) is 6.09. The molecule has 0 spiro atoms. The van der Waals surface area contributed by atoms with Crippen molar-refractivity contribution in [1.82, 2.24) is 4.57 Å². The Morgan fingerprint density at radius 2 is 1.87 bits per heavy atom. The number of rotatable bonds is 3. The van der Waals surface area contributed by atoms with Gasteiger partial charge in [0.25, 0.3) is 5.56 Å². The van der Waals surface area contributed by atoms with E-state index in [0.29, 0.717) is 38.9 Å². The molecule has 1 aliphatic carbocycles. The third-order valence-electron chi connectivity index (χ3n) is 3.80. The lowest BCUT2D eigenvalue weighted by Gasteiger charge is -2.14. The molecule has 0 amide bonds. The molecular weight excluding hydrogens is 341 g/mol. The van der Waals surface area contributed by atoms with E-state index in [1.54, 1.807) is 18.2 Å². The molecule has 118 valence electrons. The zero-order valence-electron chi connectivity index (χ0n) is 11.8. The molecule has 0 aliphatic heterocycles. The Kier molecular flexibility index (Phi) is 4.00. The molecule has 5 nitrogen and oxygen atoms in total. The van der Waals surface area contributed by atoms with Crippen molar-refractivity contribution in [3.63, 3.8) is 0 Å². The Labute approximate surface area is 141 Å². The number of benzene rings is 1. The van der Waals surface area contributed by atoms with Crippen LogP contribution in [0.15, 0.2) is 29.1 Å². The van der Waals surface area contributed by atoms with E-state index in [9.17, 15) is 14.4 Å². The monoisotopic (exact) mass is 351 g/mol. The van der Waals surface area contributed by atoms with Crippen LogP contribution < -0.4 is 5.56 Å². The van der Waals surface area contributed by atoms with E-state index in [1.165, 1.54) is 6.07 Å². The maximum Gasteiger partial charge on any atom is 0.323 e. The average Bonchev–Trinajstić information content (AvgIpc) is 2.86. The first-order chi connectivity index (χ1) is 10.9. The van der Waals surface area contributed by atoms with E-state index in [2.05, 4.69) is 0 Å². The largest absolute Gasteiger partial charge is 0.480 e. The third kappa shape index (κ3) is 2.78. The lowest BCUT2D eigenvalue weighted by atomic mass is 9.99. The van der Waals surface area contributed by atoms with Crippen LogP contribution in [-0.2, 0) is 17.8 Å². The van der Waals surface area contributed by atoms with Crippen LogP contribution >= 0.6 is 23.2 Å². The van der Waals surface area contributed by atoms with Crippen LogP contribution in [0.1, 0.15) is 22.5 Å². The Balaban J connectivity index is 2.32. The summed E-state index contributed by atoms with van der Waals surface area (Å²) in [6.07, 6.45) is 0.576. The van der Waals surface area contributed by atoms with Crippen LogP contribution in [0.5, 0.6) is 0 Å². The van der Waals surface area contributed by atoms with Gasteiger partial charge in [-0.15, -0.1) is 0 Å². The molecule has 1 N–H and O–H groups in total. The molecule has 3 rings (SSSR count).